The topological polar surface area (TPSA) is 114 Å². The van der Waals surface area contributed by atoms with Gasteiger partial charge in [0, 0.05) is 17.6 Å². The highest BCUT2D eigenvalue weighted by molar-refractivity contribution is 7.90. The summed E-state index contributed by atoms with van der Waals surface area (Å²) in [5.74, 6) is 0.937. The average Bonchev–Trinajstić information content (AvgIpc) is 2.86. The minimum atomic E-state index is -3.60. The number of benzene rings is 1. The van der Waals surface area contributed by atoms with E-state index < -0.39 is 16.1 Å². The summed E-state index contributed by atoms with van der Waals surface area (Å²) in [6.07, 6.45) is 5.32. The summed E-state index contributed by atoms with van der Waals surface area (Å²) < 4.78 is 26.8. The van der Waals surface area contributed by atoms with E-state index in [2.05, 4.69) is 15.0 Å². The first-order chi connectivity index (χ1) is 12.8. The maximum Gasteiger partial charge on any atom is 0.263 e. The van der Waals surface area contributed by atoms with Crippen LogP contribution in [0.4, 0.5) is 0 Å². The van der Waals surface area contributed by atoms with Crippen LogP contribution in [0.25, 0.3) is 0 Å². The molecular formula is C19H27ClN4O3S. The Morgan fingerprint density at radius 1 is 1.25 bits per heavy atom. The van der Waals surface area contributed by atoms with Crippen molar-refractivity contribution in [3.05, 3.63) is 29.8 Å². The van der Waals surface area contributed by atoms with Crippen molar-refractivity contribution >= 4 is 34.2 Å². The summed E-state index contributed by atoms with van der Waals surface area (Å²) in [5, 5.41) is 3.18. The maximum absolute atomic E-state index is 12.8. The van der Waals surface area contributed by atoms with E-state index in [1.54, 1.807) is 25.1 Å². The van der Waals surface area contributed by atoms with Gasteiger partial charge in [-0.15, -0.1) is 12.4 Å². The molecule has 1 aliphatic heterocycles. The minimum Gasteiger partial charge on any atom is -0.351 e. The van der Waals surface area contributed by atoms with Crippen molar-refractivity contribution in [2.45, 2.75) is 62.0 Å². The first kappa shape index (κ1) is 21.1. The van der Waals surface area contributed by atoms with E-state index in [-0.39, 0.29) is 41.1 Å². The van der Waals surface area contributed by atoms with Crippen LogP contribution in [0.3, 0.4) is 0 Å². The van der Waals surface area contributed by atoms with Crippen LogP contribution in [0, 0.1) is 11.8 Å². The van der Waals surface area contributed by atoms with Gasteiger partial charge in [-0.2, -0.15) is 0 Å². The molecule has 154 valence electrons. The van der Waals surface area contributed by atoms with Crippen LogP contribution >= 0.6 is 12.4 Å². The zero-order valence-corrected chi connectivity index (χ0v) is 17.4. The summed E-state index contributed by atoms with van der Waals surface area (Å²) in [6.45, 7) is 1.70. The second kappa shape index (κ2) is 8.00. The number of hydrogen-bond donors (Lipinski definition) is 3. The van der Waals surface area contributed by atoms with E-state index >= 15 is 0 Å². The number of fused-ring (bicyclic) bond motifs is 3. The normalized spacial score (nSPS) is 32.6. The van der Waals surface area contributed by atoms with Crippen LogP contribution in [0.5, 0.6) is 0 Å². The van der Waals surface area contributed by atoms with Crippen molar-refractivity contribution in [1.82, 2.24) is 10.0 Å². The van der Waals surface area contributed by atoms with Crippen LogP contribution in [0.1, 0.15) is 44.6 Å². The lowest BCUT2D eigenvalue weighted by Crippen LogP contribution is -2.55. The summed E-state index contributed by atoms with van der Waals surface area (Å²) in [6, 6.07) is 6.38. The third-order valence-electron chi connectivity index (χ3n) is 6.05. The molecule has 7 nitrogen and oxygen atoms in total. The Labute approximate surface area is 172 Å². The highest BCUT2D eigenvalue weighted by Gasteiger charge is 2.40. The fraction of sp³-hybridized carbons (Fsp3) is 0.579. The van der Waals surface area contributed by atoms with E-state index in [9.17, 15) is 13.2 Å². The third kappa shape index (κ3) is 3.90. The smallest absolute Gasteiger partial charge is 0.263 e. The van der Waals surface area contributed by atoms with E-state index in [1.807, 2.05) is 0 Å². The minimum absolute atomic E-state index is 0. The molecule has 9 heteroatoms. The van der Waals surface area contributed by atoms with Gasteiger partial charge in [0.1, 0.15) is 11.9 Å². The number of nitrogens with two attached hydrogens (primary N) is 1. The summed E-state index contributed by atoms with van der Waals surface area (Å²) >= 11 is 0. The van der Waals surface area contributed by atoms with Gasteiger partial charge in [-0.1, -0.05) is 18.6 Å². The Kier molecular flexibility index (Phi) is 6.03. The summed E-state index contributed by atoms with van der Waals surface area (Å²) in [5.41, 5.74) is 6.67. The van der Waals surface area contributed by atoms with Crippen molar-refractivity contribution in [3.63, 3.8) is 0 Å². The zero-order chi connectivity index (χ0) is 19.2. The van der Waals surface area contributed by atoms with Crippen molar-refractivity contribution in [2.24, 2.45) is 22.6 Å². The number of carbonyl (C=O) groups is 1. The monoisotopic (exact) mass is 426 g/mol. The molecule has 1 amide bonds. The van der Waals surface area contributed by atoms with Gasteiger partial charge in [-0.05, 0) is 56.6 Å². The second-order valence-electron chi connectivity index (χ2n) is 7.97. The first-order valence-corrected chi connectivity index (χ1v) is 11.1. The lowest BCUT2D eigenvalue weighted by Gasteiger charge is -2.45. The molecule has 28 heavy (non-hydrogen) atoms. The van der Waals surface area contributed by atoms with Crippen LogP contribution in [-0.4, -0.2) is 38.3 Å². The highest BCUT2D eigenvalue weighted by atomic mass is 35.5. The van der Waals surface area contributed by atoms with Crippen LogP contribution in [0.2, 0.25) is 0 Å². The summed E-state index contributed by atoms with van der Waals surface area (Å²) in [4.78, 5) is 17.3. The van der Waals surface area contributed by atoms with Gasteiger partial charge < -0.3 is 11.1 Å². The molecular weight excluding hydrogens is 400 g/mol. The van der Waals surface area contributed by atoms with Gasteiger partial charge in [-0.25, -0.2) is 8.42 Å². The third-order valence-corrected chi connectivity index (χ3v) is 7.45. The predicted octanol–water partition coefficient (Wildman–Crippen LogP) is 1.56. The molecule has 2 bridgehead atoms. The Morgan fingerprint density at radius 3 is 2.57 bits per heavy atom. The number of aliphatic imine (C=N–C) groups is 1. The molecule has 0 saturated heterocycles. The summed E-state index contributed by atoms with van der Waals surface area (Å²) in [7, 11) is -3.60. The second-order valence-corrected chi connectivity index (χ2v) is 9.62. The van der Waals surface area contributed by atoms with Crippen LogP contribution < -0.4 is 15.8 Å². The molecule has 0 spiro atoms. The lowest BCUT2D eigenvalue weighted by molar-refractivity contribution is -0.124. The predicted molar refractivity (Wildman–Crippen MR) is 110 cm³/mol. The van der Waals surface area contributed by atoms with Crippen molar-refractivity contribution < 1.29 is 13.2 Å². The van der Waals surface area contributed by atoms with E-state index in [1.165, 1.54) is 12.5 Å². The molecule has 2 saturated carbocycles. The van der Waals surface area contributed by atoms with Gasteiger partial charge in [0.05, 0.1) is 4.90 Å². The molecule has 1 aromatic rings. The Hall–Kier alpha value is -1.64. The van der Waals surface area contributed by atoms with Gasteiger partial charge in [-0.3, -0.25) is 14.5 Å². The molecule has 3 aliphatic rings. The molecule has 0 aromatic heterocycles. The number of rotatable bonds is 3. The van der Waals surface area contributed by atoms with Crippen LogP contribution in [0.15, 0.2) is 34.2 Å². The number of carbonyl (C=O) groups excluding carboxylic acids is 1. The van der Waals surface area contributed by atoms with E-state index in [4.69, 9.17) is 5.73 Å². The molecule has 3 unspecified atom stereocenters. The Balaban J connectivity index is 0.00000225. The number of nitrogens with one attached hydrogen (secondary N) is 2. The fourth-order valence-electron chi connectivity index (χ4n) is 4.79. The van der Waals surface area contributed by atoms with Gasteiger partial charge in [0.25, 0.3) is 10.0 Å². The number of amidine groups is 1. The van der Waals surface area contributed by atoms with Gasteiger partial charge in [0.15, 0.2) is 0 Å². The standard InChI is InChI=1S/C19H26N4O3S.ClH/c1-11(21-18-15-7-2-3-8-16(15)27(25,26)23-18)19(24)22-17-12-5-4-6-13(17)10-14(20)9-12;/h2-3,7-8,11-14,17H,4-6,9-10,20H2,1H3,(H,21,23)(H,22,24);1H. The van der Waals surface area contributed by atoms with Crippen LogP contribution in [-0.2, 0) is 14.8 Å². The van der Waals surface area contributed by atoms with Gasteiger partial charge in [0.2, 0.25) is 5.91 Å². The number of sulfonamides is 1. The molecule has 3 atom stereocenters. The van der Waals surface area contributed by atoms with Crippen molar-refractivity contribution in [1.29, 1.82) is 0 Å². The lowest BCUT2D eigenvalue weighted by atomic mass is 9.67. The Morgan fingerprint density at radius 2 is 1.89 bits per heavy atom. The van der Waals surface area contributed by atoms with E-state index in [0.29, 0.717) is 17.4 Å². The zero-order valence-electron chi connectivity index (χ0n) is 15.8. The molecule has 1 aromatic carbocycles. The van der Waals surface area contributed by atoms with Crippen molar-refractivity contribution in [2.75, 3.05) is 0 Å². The maximum atomic E-state index is 12.8. The van der Waals surface area contributed by atoms with Gasteiger partial charge >= 0.3 is 0 Å². The highest BCUT2D eigenvalue weighted by Crippen LogP contribution is 2.39. The van der Waals surface area contributed by atoms with Crippen molar-refractivity contribution in [3.8, 4) is 0 Å². The average molecular weight is 427 g/mol. The SMILES string of the molecule is CC(N=C1NS(=O)(=O)c2ccccc21)C(=O)NC1C2CCCC1CC(N)C2.Cl. The molecule has 1 heterocycles. The molecule has 2 aliphatic carbocycles. The number of nitrogens with zero attached hydrogens (tertiary/aromatic N) is 1. The fourth-order valence-corrected chi connectivity index (χ4v) is 6.03. The Bertz CT molecular complexity index is 875. The molecule has 4 N–H and O–H groups in total. The number of hydrogen-bond acceptors (Lipinski definition) is 5. The first-order valence-electron chi connectivity index (χ1n) is 9.61. The number of halogens is 1. The molecule has 0 radical (unpaired) electrons. The molecule has 4 rings (SSSR count). The van der Waals surface area contributed by atoms with E-state index in [0.717, 1.165) is 25.7 Å². The quantitative estimate of drug-likeness (QED) is 0.680. The number of amides is 1. The largest absolute Gasteiger partial charge is 0.351 e. The molecule has 2 fully saturated rings.